The monoisotopic (exact) mass is 380 g/mol. The van der Waals surface area contributed by atoms with Crippen molar-refractivity contribution in [1.82, 2.24) is 4.98 Å². The molecular formula is C13H11F3N2O4S2. The van der Waals surface area contributed by atoms with E-state index in [4.69, 9.17) is 0 Å². The van der Waals surface area contributed by atoms with Crippen molar-refractivity contribution >= 4 is 32.5 Å². The molecule has 24 heavy (non-hydrogen) atoms. The van der Waals surface area contributed by atoms with Gasteiger partial charge in [-0.1, -0.05) is 12.1 Å². The second-order valence-corrected chi connectivity index (χ2v) is 7.03. The van der Waals surface area contributed by atoms with Crippen molar-refractivity contribution in [3.63, 3.8) is 0 Å². The number of thiazole rings is 1. The van der Waals surface area contributed by atoms with E-state index in [1.54, 1.807) is 12.3 Å². The van der Waals surface area contributed by atoms with Crippen molar-refractivity contribution in [1.29, 1.82) is 0 Å². The molecule has 11 heteroatoms. The summed E-state index contributed by atoms with van der Waals surface area (Å²) in [5.74, 6) is -1.48. The van der Waals surface area contributed by atoms with Crippen molar-refractivity contribution in [3.05, 3.63) is 41.4 Å². The van der Waals surface area contributed by atoms with E-state index in [1.165, 1.54) is 29.7 Å². The van der Waals surface area contributed by atoms with Gasteiger partial charge in [-0.2, -0.15) is 21.6 Å². The lowest BCUT2D eigenvalue weighted by molar-refractivity contribution is -0.117. The number of alkyl halides is 3. The number of rotatable bonds is 5. The van der Waals surface area contributed by atoms with Crippen LogP contribution < -0.4 is 9.50 Å². The lowest BCUT2D eigenvalue weighted by Crippen LogP contribution is -2.28. The highest BCUT2D eigenvalue weighted by molar-refractivity contribution is 7.88. The van der Waals surface area contributed by atoms with E-state index in [-0.39, 0.29) is 5.91 Å². The molecule has 0 saturated carbocycles. The van der Waals surface area contributed by atoms with Gasteiger partial charge >= 0.3 is 15.6 Å². The zero-order valence-electron chi connectivity index (χ0n) is 12.1. The van der Waals surface area contributed by atoms with Crippen molar-refractivity contribution in [2.24, 2.45) is 0 Å². The van der Waals surface area contributed by atoms with Crippen LogP contribution in [0.5, 0.6) is 5.75 Å². The normalized spacial score (nSPS) is 13.3. The van der Waals surface area contributed by atoms with Crippen LogP contribution in [0.15, 0.2) is 35.8 Å². The SMILES string of the molecule is C[C@@H](C(=O)Nc1nccs1)c1ccc(OS(=O)(=O)C(F)(F)F)cc1. The Hall–Kier alpha value is -2.14. The van der Waals surface area contributed by atoms with E-state index in [0.29, 0.717) is 10.7 Å². The number of hydrogen-bond acceptors (Lipinski definition) is 6. The van der Waals surface area contributed by atoms with E-state index in [2.05, 4.69) is 14.5 Å². The number of carbonyl (C=O) groups is 1. The predicted molar refractivity (Wildman–Crippen MR) is 81.2 cm³/mol. The topological polar surface area (TPSA) is 85.4 Å². The predicted octanol–water partition coefficient (Wildman–Crippen LogP) is 3.11. The summed E-state index contributed by atoms with van der Waals surface area (Å²) in [5.41, 5.74) is -5.03. The molecule has 1 atom stereocenters. The Balaban J connectivity index is 2.07. The minimum atomic E-state index is -5.72. The third-order valence-corrected chi connectivity index (χ3v) is 4.59. The minimum Gasteiger partial charge on any atom is -0.376 e. The van der Waals surface area contributed by atoms with Crippen molar-refractivity contribution in [3.8, 4) is 5.75 Å². The molecule has 0 aliphatic heterocycles. The van der Waals surface area contributed by atoms with Gasteiger partial charge in [0.1, 0.15) is 5.75 Å². The zero-order valence-corrected chi connectivity index (χ0v) is 13.7. The summed E-state index contributed by atoms with van der Waals surface area (Å²) >= 11 is 1.24. The molecule has 2 rings (SSSR count). The molecule has 1 aromatic carbocycles. The molecule has 2 aromatic rings. The lowest BCUT2D eigenvalue weighted by atomic mass is 10.0. The van der Waals surface area contributed by atoms with Gasteiger partial charge in [0, 0.05) is 11.6 Å². The van der Waals surface area contributed by atoms with Gasteiger partial charge in [-0.25, -0.2) is 4.98 Å². The van der Waals surface area contributed by atoms with Crippen LogP contribution in [-0.4, -0.2) is 24.8 Å². The molecule has 0 spiro atoms. The quantitative estimate of drug-likeness (QED) is 0.636. The number of benzene rings is 1. The fourth-order valence-electron chi connectivity index (χ4n) is 1.64. The average molecular weight is 380 g/mol. The molecule has 0 fully saturated rings. The number of nitrogens with one attached hydrogen (secondary N) is 1. The Morgan fingerprint density at radius 2 is 1.92 bits per heavy atom. The summed E-state index contributed by atoms with van der Waals surface area (Å²) in [7, 11) is -5.72. The first-order chi connectivity index (χ1) is 11.1. The van der Waals surface area contributed by atoms with Gasteiger partial charge in [-0.05, 0) is 24.6 Å². The number of nitrogens with zero attached hydrogens (tertiary/aromatic N) is 1. The first-order valence-corrected chi connectivity index (χ1v) is 8.70. The number of aromatic nitrogens is 1. The summed E-state index contributed by atoms with van der Waals surface area (Å²) in [4.78, 5) is 15.9. The van der Waals surface area contributed by atoms with Crippen molar-refractivity contribution < 1.29 is 30.6 Å². The van der Waals surface area contributed by atoms with E-state index >= 15 is 0 Å². The highest BCUT2D eigenvalue weighted by atomic mass is 32.2. The van der Waals surface area contributed by atoms with Crippen LogP contribution in [0.25, 0.3) is 0 Å². The molecule has 1 amide bonds. The third-order valence-electron chi connectivity index (χ3n) is 2.93. The summed E-state index contributed by atoms with van der Waals surface area (Å²) in [5, 5.41) is 4.69. The Morgan fingerprint density at radius 1 is 1.29 bits per heavy atom. The van der Waals surface area contributed by atoms with E-state index < -0.39 is 27.3 Å². The van der Waals surface area contributed by atoms with Gasteiger partial charge in [0.05, 0.1) is 5.92 Å². The molecular weight excluding hydrogens is 369 g/mol. The standard InChI is InChI=1S/C13H11F3N2O4S2/c1-8(11(19)18-12-17-6-7-23-12)9-2-4-10(5-3-9)22-24(20,21)13(14,15)16/h2-8H,1H3,(H,17,18,19)/t8-/m1/s1. The van der Waals surface area contributed by atoms with E-state index in [1.807, 2.05) is 0 Å². The number of hydrogen-bond donors (Lipinski definition) is 1. The van der Waals surface area contributed by atoms with Crippen molar-refractivity contribution in [2.45, 2.75) is 18.3 Å². The maximum absolute atomic E-state index is 12.2. The summed E-state index contributed by atoms with van der Waals surface area (Å²) in [6.45, 7) is 1.59. The number of halogens is 3. The summed E-state index contributed by atoms with van der Waals surface area (Å²) in [6, 6.07) is 4.72. The molecule has 6 nitrogen and oxygen atoms in total. The largest absolute Gasteiger partial charge is 0.534 e. The Labute approximate surface area is 139 Å². The maximum Gasteiger partial charge on any atom is 0.534 e. The molecule has 0 saturated heterocycles. The van der Waals surface area contributed by atoms with Gasteiger partial charge in [0.2, 0.25) is 5.91 Å². The zero-order chi connectivity index (χ0) is 18.0. The minimum absolute atomic E-state index is 0.360. The Kier molecular flexibility index (Phi) is 5.13. The highest BCUT2D eigenvalue weighted by Gasteiger charge is 2.48. The summed E-state index contributed by atoms with van der Waals surface area (Å²) < 4.78 is 62.5. The second kappa shape index (κ2) is 6.77. The molecule has 1 N–H and O–H groups in total. The smallest absolute Gasteiger partial charge is 0.376 e. The Morgan fingerprint density at radius 3 is 2.42 bits per heavy atom. The van der Waals surface area contributed by atoms with Gasteiger partial charge < -0.3 is 9.50 Å². The van der Waals surface area contributed by atoms with Crippen LogP contribution >= 0.6 is 11.3 Å². The first kappa shape index (κ1) is 18.2. The number of carbonyl (C=O) groups excluding carboxylic acids is 1. The lowest BCUT2D eigenvalue weighted by Gasteiger charge is -2.13. The van der Waals surface area contributed by atoms with Crippen molar-refractivity contribution in [2.75, 3.05) is 5.32 Å². The number of amides is 1. The van der Waals surface area contributed by atoms with E-state index in [9.17, 15) is 26.4 Å². The molecule has 0 radical (unpaired) electrons. The van der Waals surface area contributed by atoms with Gasteiger partial charge in [-0.3, -0.25) is 4.79 Å². The Bertz CT molecular complexity index is 803. The molecule has 0 unspecified atom stereocenters. The highest BCUT2D eigenvalue weighted by Crippen LogP contribution is 2.28. The number of anilines is 1. The maximum atomic E-state index is 12.2. The van der Waals surface area contributed by atoms with Gasteiger partial charge in [0.15, 0.2) is 5.13 Å². The van der Waals surface area contributed by atoms with E-state index in [0.717, 1.165) is 12.1 Å². The molecule has 0 aliphatic rings. The van der Waals surface area contributed by atoms with Crippen LogP contribution in [-0.2, 0) is 14.9 Å². The molecule has 130 valence electrons. The average Bonchev–Trinajstić information content (AvgIpc) is 2.98. The van der Waals surface area contributed by atoms with Gasteiger partial charge in [-0.15, -0.1) is 11.3 Å². The van der Waals surface area contributed by atoms with Crippen LogP contribution in [0.3, 0.4) is 0 Å². The second-order valence-electron chi connectivity index (χ2n) is 4.60. The molecule has 0 aliphatic carbocycles. The first-order valence-electron chi connectivity index (χ1n) is 6.41. The summed E-state index contributed by atoms with van der Waals surface area (Å²) in [6.07, 6.45) is 1.53. The van der Waals surface area contributed by atoms with Crippen LogP contribution in [0.2, 0.25) is 0 Å². The molecule has 0 bridgehead atoms. The van der Waals surface area contributed by atoms with Crippen LogP contribution in [0.4, 0.5) is 18.3 Å². The van der Waals surface area contributed by atoms with Crippen LogP contribution in [0.1, 0.15) is 18.4 Å². The fourth-order valence-corrected chi connectivity index (χ4v) is 2.63. The van der Waals surface area contributed by atoms with Gasteiger partial charge in [0.25, 0.3) is 0 Å². The van der Waals surface area contributed by atoms with Crippen LogP contribution in [0, 0.1) is 0 Å². The molecule has 1 heterocycles. The molecule has 1 aromatic heterocycles. The third kappa shape index (κ3) is 4.23. The fraction of sp³-hybridized carbons (Fsp3) is 0.231.